The third-order valence-electron chi connectivity index (χ3n) is 1.44. The molecule has 4 nitrogen and oxygen atoms in total. The van der Waals surface area contributed by atoms with Gasteiger partial charge in [0.25, 0.3) is 0 Å². The first kappa shape index (κ1) is 10.6. The van der Waals surface area contributed by atoms with Crippen LogP contribution in [0.3, 0.4) is 0 Å². The normalized spacial score (nSPS) is 14.4. The monoisotopic (exact) mass is 223 g/mol. The molecule has 0 radical (unpaired) electrons. The number of halogens is 1. The molecule has 0 spiro atoms. The van der Waals surface area contributed by atoms with Crippen molar-refractivity contribution in [1.29, 1.82) is 0 Å². The Balaban J connectivity index is 2.75. The molecule has 0 fully saturated rings. The quantitative estimate of drug-likeness (QED) is 0.829. The molecule has 0 aliphatic rings. The third kappa shape index (κ3) is 3.38. The summed E-state index contributed by atoms with van der Waals surface area (Å²) < 4.78 is 26.7. The zero-order valence-electron chi connectivity index (χ0n) is 7.03. The second-order valence-corrected chi connectivity index (χ2v) is 5.40. The van der Waals surface area contributed by atoms with Crippen LogP contribution in [0.1, 0.15) is 11.8 Å². The van der Waals surface area contributed by atoms with Gasteiger partial charge >= 0.3 is 0 Å². The van der Waals surface area contributed by atoms with E-state index in [2.05, 4.69) is 0 Å². The molecule has 0 saturated heterocycles. The summed E-state index contributed by atoms with van der Waals surface area (Å²) in [5.74, 6) is 0.243. The molecule has 0 bridgehead atoms. The largest absolute Gasteiger partial charge is 0.448 e. The van der Waals surface area contributed by atoms with Crippen LogP contribution in [0.15, 0.2) is 16.5 Å². The lowest BCUT2D eigenvalue weighted by atomic mass is 10.3. The fraction of sp³-hybridized carbons (Fsp3) is 0.429. The van der Waals surface area contributed by atoms with E-state index in [0.717, 1.165) is 6.26 Å². The number of furan rings is 1. The Morgan fingerprint density at radius 2 is 2.23 bits per heavy atom. The fourth-order valence-electron chi connectivity index (χ4n) is 0.936. The van der Waals surface area contributed by atoms with Crippen molar-refractivity contribution >= 4 is 21.4 Å². The Hall–Kier alpha value is -0.520. The summed E-state index contributed by atoms with van der Waals surface area (Å²) >= 11 is 5.50. The predicted molar refractivity (Wildman–Crippen MR) is 50.4 cm³/mol. The Morgan fingerprint density at radius 1 is 1.62 bits per heavy atom. The van der Waals surface area contributed by atoms with Gasteiger partial charge in [0.15, 0.2) is 5.22 Å². The van der Waals surface area contributed by atoms with Gasteiger partial charge in [-0.05, 0) is 23.7 Å². The zero-order chi connectivity index (χ0) is 10.1. The molecule has 0 aliphatic carbocycles. The molecule has 0 unspecified atom stereocenters. The molecule has 2 N–H and O–H groups in total. The summed E-state index contributed by atoms with van der Waals surface area (Å²) in [6.45, 7) is 0. The Bertz CT molecular complexity index is 384. The summed E-state index contributed by atoms with van der Waals surface area (Å²) in [7, 11) is -3.09. The molecule has 1 heterocycles. The Kier molecular flexibility index (Phi) is 3.00. The van der Waals surface area contributed by atoms with Crippen LogP contribution in [0.5, 0.6) is 0 Å². The van der Waals surface area contributed by atoms with E-state index >= 15 is 0 Å². The van der Waals surface area contributed by atoms with Crippen molar-refractivity contribution < 1.29 is 12.8 Å². The molecule has 0 aromatic carbocycles. The van der Waals surface area contributed by atoms with E-state index in [4.69, 9.17) is 21.8 Å². The van der Waals surface area contributed by atoms with Crippen LogP contribution >= 0.6 is 11.6 Å². The minimum Gasteiger partial charge on any atom is -0.448 e. The lowest BCUT2D eigenvalue weighted by Gasteiger charge is -2.05. The Morgan fingerprint density at radius 3 is 2.62 bits per heavy atom. The fourth-order valence-corrected chi connectivity index (χ4v) is 1.90. The number of sulfone groups is 1. The molecule has 0 saturated carbocycles. The first-order valence-corrected chi connectivity index (χ1v) is 6.01. The number of hydrogen-bond acceptors (Lipinski definition) is 4. The van der Waals surface area contributed by atoms with Crippen LogP contribution in [0.25, 0.3) is 0 Å². The molecule has 1 aromatic heterocycles. The number of hydrogen-bond donors (Lipinski definition) is 1. The van der Waals surface area contributed by atoms with Gasteiger partial charge in [-0.3, -0.25) is 0 Å². The lowest BCUT2D eigenvalue weighted by molar-refractivity contribution is 0.479. The third-order valence-corrected chi connectivity index (χ3v) is 2.61. The first-order valence-electron chi connectivity index (χ1n) is 3.57. The van der Waals surface area contributed by atoms with Crippen molar-refractivity contribution in [1.82, 2.24) is 0 Å². The molecule has 1 aromatic rings. The maximum Gasteiger partial charge on any atom is 0.193 e. The highest BCUT2D eigenvalue weighted by Crippen LogP contribution is 2.19. The second kappa shape index (κ2) is 3.69. The zero-order valence-corrected chi connectivity index (χ0v) is 8.60. The van der Waals surface area contributed by atoms with Gasteiger partial charge in [-0.2, -0.15) is 0 Å². The van der Waals surface area contributed by atoms with E-state index in [0.29, 0.717) is 5.76 Å². The molecule has 0 amide bonds. The molecule has 0 aliphatic heterocycles. The average molecular weight is 224 g/mol. The van der Waals surface area contributed by atoms with Crippen molar-refractivity contribution in [3.63, 3.8) is 0 Å². The topological polar surface area (TPSA) is 73.3 Å². The van der Waals surface area contributed by atoms with E-state index < -0.39 is 15.9 Å². The maximum atomic E-state index is 10.9. The van der Waals surface area contributed by atoms with Gasteiger partial charge in [0.1, 0.15) is 15.6 Å². The highest BCUT2D eigenvalue weighted by molar-refractivity contribution is 7.90. The van der Waals surface area contributed by atoms with Gasteiger partial charge in [-0.15, -0.1) is 0 Å². The predicted octanol–water partition coefficient (Wildman–Crippen LogP) is 0.977. The summed E-state index contributed by atoms with van der Waals surface area (Å²) in [6, 6.07) is 2.44. The van der Waals surface area contributed by atoms with Crippen molar-refractivity contribution in [3.8, 4) is 0 Å². The lowest BCUT2D eigenvalue weighted by Crippen LogP contribution is -2.20. The molecule has 74 valence electrons. The summed E-state index contributed by atoms with van der Waals surface area (Å²) in [4.78, 5) is 0. The molecule has 6 heteroatoms. The Labute approximate surface area is 81.6 Å². The van der Waals surface area contributed by atoms with E-state index in [1.807, 2.05) is 0 Å². The molecular formula is C7H10ClNO3S. The number of nitrogens with two attached hydrogens (primary N) is 1. The van der Waals surface area contributed by atoms with Crippen molar-refractivity contribution in [2.24, 2.45) is 5.73 Å². The molecule has 1 rings (SSSR count). The van der Waals surface area contributed by atoms with Crippen molar-refractivity contribution in [2.75, 3.05) is 12.0 Å². The van der Waals surface area contributed by atoms with Crippen molar-refractivity contribution in [2.45, 2.75) is 6.04 Å². The molecule has 1 atom stereocenters. The van der Waals surface area contributed by atoms with Gasteiger partial charge in [-0.25, -0.2) is 8.42 Å². The van der Waals surface area contributed by atoms with Gasteiger partial charge < -0.3 is 10.2 Å². The van der Waals surface area contributed by atoms with Gasteiger partial charge in [0, 0.05) is 6.26 Å². The van der Waals surface area contributed by atoms with Crippen LogP contribution < -0.4 is 5.73 Å². The molecule has 13 heavy (non-hydrogen) atoms. The van der Waals surface area contributed by atoms with Crippen LogP contribution in [0, 0.1) is 0 Å². The van der Waals surface area contributed by atoms with Crippen molar-refractivity contribution in [3.05, 3.63) is 23.1 Å². The van der Waals surface area contributed by atoms with Crippen LogP contribution in [-0.4, -0.2) is 20.4 Å². The van der Waals surface area contributed by atoms with Gasteiger partial charge in [-0.1, -0.05) is 0 Å². The minimum atomic E-state index is -3.09. The van der Waals surface area contributed by atoms with E-state index in [-0.39, 0.29) is 11.0 Å². The van der Waals surface area contributed by atoms with Crippen LogP contribution in [0.2, 0.25) is 5.22 Å². The van der Waals surface area contributed by atoms with Gasteiger partial charge in [0.05, 0.1) is 11.8 Å². The van der Waals surface area contributed by atoms with Crippen LogP contribution in [0.4, 0.5) is 0 Å². The summed E-state index contributed by atoms with van der Waals surface area (Å²) in [5, 5.41) is 0.207. The van der Waals surface area contributed by atoms with Crippen LogP contribution in [-0.2, 0) is 9.84 Å². The first-order chi connectivity index (χ1) is 5.88. The smallest absolute Gasteiger partial charge is 0.193 e. The number of rotatable bonds is 3. The maximum absolute atomic E-state index is 10.9. The van der Waals surface area contributed by atoms with E-state index in [9.17, 15) is 8.42 Å². The minimum absolute atomic E-state index is 0.142. The summed E-state index contributed by atoms with van der Waals surface area (Å²) in [6.07, 6.45) is 1.12. The average Bonchev–Trinajstić information content (AvgIpc) is 2.31. The van der Waals surface area contributed by atoms with E-state index in [1.165, 1.54) is 6.07 Å². The molecular weight excluding hydrogens is 214 g/mol. The summed E-state index contributed by atoms with van der Waals surface area (Å²) in [5.41, 5.74) is 5.56. The highest BCUT2D eigenvalue weighted by atomic mass is 35.5. The van der Waals surface area contributed by atoms with E-state index in [1.54, 1.807) is 6.07 Å². The highest BCUT2D eigenvalue weighted by Gasteiger charge is 2.15. The standard InChI is InChI=1S/C7H10ClNO3S/c1-13(10,11)4-5(9)6-2-3-7(8)12-6/h2-3,5H,4,9H2,1H3/t5-/m1/s1. The van der Waals surface area contributed by atoms with Gasteiger partial charge in [0.2, 0.25) is 0 Å². The second-order valence-electron chi connectivity index (χ2n) is 2.84. The SMILES string of the molecule is CS(=O)(=O)C[C@@H](N)c1ccc(Cl)o1.